The van der Waals surface area contributed by atoms with Gasteiger partial charge in [0, 0.05) is 13.1 Å². The van der Waals surface area contributed by atoms with Gasteiger partial charge in [0.1, 0.15) is 17.4 Å². The summed E-state index contributed by atoms with van der Waals surface area (Å²) in [5.74, 6) is 0.212. The lowest BCUT2D eigenvalue weighted by Gasteiger charge is -2.28. The second kappa shape index (κ2) is 7.74. The molecule has 1 saturated heterocycles. The van der Waals surface area contributed by atoms with Crippen LogP contribution in [-0.4, -0.2) is 43.8 Å². The smallest absolute Gasteiger partial charge is 0.263 e. The highest BCUT2D eigenvalue weighted by Crippen LogP contribution is 2.16. The van der Waals surface area contributed by atoms with Crippen LogP contribution < -0.4 is 15.0 Å². The van der Waals surface area contributed by atoms with Gasteiger partial charge in [-0.15, -0.1) is 0 Å². The summed E-state index contributed by atoms with van der Waals surface area (Å²) in [6.07, 6.45) is 1.72. The van der Waals surface area contributed by atoms with Gasteiger partial charge in [0.15, 0.2) is 6.61 Å². The van der Waals surface area contributed by atoms with Crippen molar-refractivity contribution in [3.63, 3.8) is 0 Å². The summed E-state index contributed by atoms with van der Waals surface area (Å²) in [7, 11) is 0. The first-order chi connectivity index (χ1) is 11.7. The lowest BCUT2D eigenvalue weighted by Crippen LogP contribution is -2.36. The number of carbonyl (C=O) groups excluding carboxylic acids is 1. The van der Waals surface area contributed by atoms with Crippen molar-refractivity contribution in [2.45, 2.75) is 0 Å². The Morgan fingerprint density at radius 3 is 2.62 bits per heavy atom. The van der Waals surface area contributed by atoms with Crippen LogP contribution >= 0.6 is 0 Å². The number of pyridine rings is 1. The maximum atomic E-state index is 12.8. The summed E-state index contributed by atoms with van der Waals surface area (Å²) < 4.78 is 23.4. The van der Waals surface area contributed by atoms with Crippen LogP contribution in [0.15, 0.2) is 42.6 Å². The van der Waals surface area contributed by atoms with Crippen molar-refractivity contribution in [1.82, 2.24) is 4.98 Å². The summed E-state index contributed by atoms with van der Waals surface area (Å²) in [5.41, 5.74) is 0.999. The standard InChI is InChI=1S/C17H18FN3O3/c18-13-1-4-15(5-2-13)24-12-17(22)20-16-6-3-14(11-19-16)21-7-9-23-10-8-21/h1-6,11H,7-10,12H2,(H,19,20,22). The molecule has 2 heterocycles. The van der Waals surface area contributed by atoms with E-state index in [9.17, 15) is 9.18 Å². The van der Waals surface area contributed by atoms with Gasteiger partial charge in [0.2, 0.25) is 0 Å². The van der Waals surface area contributed by atoms with E-state index in [2.05, 4.69) is 15.2 Å². The molecule has 1 fully saturated rings. The van der Waals surface area contributed by atoms with Crippen LogP contribution in [0.4, 0.5) is 15.9 Å². The van der Waals surface area contributed by atoms with Crippen LogP contribution in [-0.2, 0) is 9.53 Å². The molecule has 3 rings (SSSR count). The largest absolute Gasteiger partial charge is 0.484 e. The van der Waals surface area contributed by atoms with Gasteiger partial charge in [-0.1, -0.05) is 0 Å². The fourth-order valence-corrected chi connectivity index (χ4v) is 2.33. The number of morpholine rings is 1. The Hall–Kier alpha value is -2.67. The quantitative estimate of drug-likeness (QED) is 0.909. The molecule has 0 unspecified atom stereocenters. The van der Waals surface area contributed by atoms with E-state index in [1.807, 2.05) is 6.07 Å². The summed E-state index contributed by atoms with van der Waals surface area (Å²) in [4.78, 5) is 18.3. The molecule has 1 aromatic heterocycles. The number of halogens is 1. The Balaban J connectivity index is 1.49. The number of ether oxygens (including phenoxy) is 2. The molecule has 1 aliphatic heterocycles. The summed E-state index contributed by atoms with van der Waals surface area (Å²) in [6, 6.07) is 9.16. The van der Waals surface area contributed by atoms with Crippen LogP contribution in [0.25, 0.3) is 0 Å². The van der Waals surface area contributed by atoms with Gasteiger partial charge in [-0.3, -0.25) is 4.79 Å². The molecule has 0 spiro atoms. The van der Waals surface area contributed by atoms with Crippen molar-refractivity contribution in [3.05, 3.63) is 48.4 Å². The van der Waals surface area contributed by atoms with Gasteiger partial charge in [-0.2, -0.15) is 0 Å². The lowest BCUT2D eigenvalue weighted by atomic mass is 10.3. The average molecular weight is 331 g/mol. The number of nitrogens with one attached hydrogen (secondary N) is 1. The third kappa shape index (κ3) is 4.42. The second-order valence-corrected chi connectivity index (χ2v) is 5.29. The van der Waals surface area contributed by atoms with E-state index in [1.54, 1.807) is 12.3 Å². The Morgan fingerprint density at radius 2 is 1.96 bits per heavy atom. The number of benzene rings is 1. The molecular formula is C17H18FN3O3. The fourth-order valence-electron chi connectivity index (χ4n) is 2.33. The van der Waals surface area contributed by atoms with E-state index in [1.165, 1.54) is 24.3 Å². The molecular weight excluding hydrogens is 313 g/mol. The molecule has 0 aliphatic carbocycles. The number of nitrogens with zero attached hydrogens (tertiary/aromatic N) is 2. The highest BCUT2D eigenvalue weighted by atomic mass is 19.1. The van der Waals surface area contributed by atoms with Crippen LogP contribution in [0.2, 0.25) is 0 Å². The minimum absolute atomic E-state index is 0.168. The number of carbonyl (C=O) groups is 1. The van der Waals surface area contributed by atoms with E-state index in [-0.39, 0.29) is 18.3 Å². The van der Waals surface area contributed by atoms with E-state index in [4.69, 9.17) is 9.47 Å². The minimum Gasteiger partial charge on any atom is -0.484 e. The topological polar surface area (TPSA) is 63.7 Å². The van der Waals surface area contributed by atoms with Gasteiger partial charge in [-0.05, 0) is 36.4 Å². The predicted molar refractivity (Wildman–Crippen MR) is 87.8 cm³/mol. The number of hydrogen-bond acceptors (Lipinski definition) is 5. The maximum absolute atomic E-state index is 12.8. The first-order valence-electron chi connectivity index (χ1n) is 7.68. The average Bonchev–Trinajstić information content (AvgIpc) is 2.63. The number of rotatable bonds is 5. The molecule has 1 aliphatic rings. The minimum atomic E-state index is -0.351. The highest BCUT2D eigenvalue weighted by Gasteiger charge is 2.12. The van der Waals surface area contributed by atoms with Crippen LogP contribution in [0.5, 0.6) is 5.75 Å². The zero-order chi connectivity index (χ0) is 16.8. The molecule has 0 atom stereocenters. The molecule has 1 amide bonds. The molecule has 126 valence electrons. The van der Waals surface area contributed by atoms with Gasteiger partial charge in [0.25, 0.3) is 5.91 Å². The Morgan fingerprint density at radius 1 is 1.21 bits per heavy atom. The first kappa shape index (κ1) is 16.2. The number of aromatic nitrogens is 1. The molecule has 2 aromatic rings. The van der Waals surface area contributed by atoms with Crippen molar-refractivity contribution in [1.29, 1.82) is 0 Å². The number of anilines is 2. The Kier molecular flexibility index (Phi) is 5.22. The third-order valence-electron chi connectivity index (χ3n) is 3.58. The van der Waals surface area contributed by atoms with Crippen LogP contribution in [0.3, 0.4) is 0 Å². The summed E-state index contributed by atoms with van der Waals surface area (Å²) in [5, 5.41) is 2.66. The van der Waals surface area contributed by atoms with E-state index in [0.29, 0.717) is 24.8 Å². The van der Waals surface area contributed by atoms with Crippen molar-refractivity contribution >= 4 is 17.4 Å². The van der Waals surface area contributed by atoms with Crippen molar-refractivity contribution in [2.24, 2.45) is 0 Å². The molecule has 0 saturated carbocycles. The van der Waals surface area contributed by atoms with E-state index < -0.39 is 0 Å². The molecule has 6 nitrogen and oxygen atoms in total. The normalized spacial score (nSPS) is 14.3. The highest BCUT2D eigenvalue weighted by molar-refractivity contribution is 5.91. The van der Waals surface area contributed by atoms with Crippen LogP contribution in [0.1, 0.15) is 0 Å². The lowest BCUT2D eigenvalue weighted by molar-refractivity contribution is -0.118. The molecule has 0 radical (unpaired) electrons. The van der Waals surface area contributed by atoms with Gasteiger partial charge >= 0.3 is 0 Å². The van der Waals surface area contributed by atoms with Crippen molar-refractivity contribution in [3.8, 4) is 5.75 Å². The monoisotopic (exact) mass is 331 g/mol. The van der Waals surface area contributed by atoms with E-state index >= 15 is 0 Å². The van der Waals surface area contributed by atoms with Gasteiger partial charge < -0.3 is 19.7 Å². The summed E-state index contributed by atoms with van der Waals surface area (Å²) in [6.45, 7) is 2.91. The van der Waals surface area contributed by atoms with E-state index in [0.717, 1.165) is 18.8 Å². The maximum Gasteiger partial charge on any atom is 0.263 e. The molecule has 1 aromatic carbocycles. The Labute approximate surface area is 139 Å². The Bertz CT molecular complexity index is 670. The molecule has 1 N–H and O–H groups in total. The van der Waals surface area contributed by atoms with Crippen molar-refractivity contribution in [2.75, 3.05) is 43.1 Å². The molecule has 0 bridgehead atoms. The predicted octanol–water partition coefficient (Wildman–Crippen LogP) is 2.07. The number of hydrogen-bond donors (Lipinski definition) is 1. The zero-order valence-corrected chi connectivity index (χ0v) is 13.1. The molecule has 24 heavy (non-hydrogen) atoms. The zero-order valence-electron chi connectivity index (χ0n) is 13.1. The van der Waals surface area contributed by atoms with Gasteiger partial charge in [-0.25, -0.2) is 9.37 Å². The third-order valence-corrected chi connectivity index (χ3v) is 3.58. The fraction of sp³-hybridized carbons (Fsp3) is 0.294. The molecule has 7 heteroatoms. The summed E-state index contributed by atoms with van der Waals surface area (Å²) >= 11 is 0. The van der Waals surface area contributed by atoms with Crippen LogP contribution in [0, 0.1) is 5.82 Å². The van der Waals surface area contributed by atoms with Crippen molar-refractivity contribution < 1.29 is 18.7 Å². The van der Waals surface area contributed by atoms with Gasteiger partial charge in [0.05, 0.1) is 25.1 Å². The first-order valence-corrected chi connectivity index (χ1v) is 7.68. The number of amides is 1. The SMILES string of the molecule is O=C(COc1ccc(F)cc1)Nc1ccc(N2CCOCC2)cn1. The second-order valence-electron chi connectivity index (χ2n) is 5.29.